The summed E-state index contributed by atoms with van der Waals surface area (Å²) >= 11 is 0. The quantitative estimate of drug-likeness (QED) is 0.190. The summed E-state index contributed by atoms with van der Waals surface area (Å²) in [4.78, 5) is 1.88. The van der Waals surface area contributed by atoms with Crippen LogP contribution in [0.25, 0.3) is 0 Å². The fourth-order valence-corrected chi connectivity index (χ4v) is 5.74. The van der Waals surface area contributed by atoms with Gasteiger partial charge in [0, 0.05) is 25.7 Å². The third-order valence-corrected chi connectivity index (χ3v) is 8.14. The van der Waals surface area contributed by atoms with E-state index in [1.165, 1.54) is 30.3 Å². The van der Waals surface area contributed by atoms with Crippen LogP contribution in [0.2, 0.25) is 0 Å². The molecular formula is C29H31F5N2O3S. The van der Waals surface area contributed by atoms with Crippen LogP contribution in [0.4, 0.5) is 27.6 Å². The van der Waals surface area contributed by atoms with Crippen LogP contribution < -0.4 is 9.46 Å². The highest BCUT2D eigenvalue weighted by molar-refractivity contribution is 7.92. The van der Waals surface area contributed by atoms with Gasteiger partial charge in [0.1, 0.15) is 11.6 Å². The fraction of sp³-hybridized carbons (Fsp3) is 0.379. The summed E-state index contributed by atoms with van der Waals surface area (Å²) in [6.45, 7) is 3.60. The molecule has 40 heavy (non-hydrogen) atoms. The van der Waals surface area contributed by atoms with Crippen molar-refractivity contribution in [2.75, 3.05) is 17.9 Å². The van der Waals surface area contributed by atoms with E-state index in [1.54, 1.807) is 6.07 Å². The number of rotatable bonds is 11. The average molecular weight is 583 g/mol. The summed E-state index contributed by atoms with van der Waals surface area (Å²) in [5, 5.41) is 0. The highest BCUT2D eigenvalue weighted by atomic mass is 32.2. The minimum Gasteiger partial charge on any atom is -0.493 e. The molecule has 0 atom stereocenters. The molecule has 3 aromatic rings. The van der Waals surface area contributed by atoms with Gasteiger partial charge in [-0.1, -0.05) is 38.3 Å². The number of halogens is 5. The van der Waals surface area contributed by atoms with Crippen LogP contribution in [0.1, 0.15) is 54.9 Å². The van der Waals surface area contributed by atoms with E-state index in [0.29, 0.717) is 37.4 Å². The highest BCUT2D eigenvalue weighted by Gasteiger charge is 2.34. The Morgan fingerprint density at radius 2 is 1.73 bits per heavy atom. The predicted molar refractivity (Wildman–Crippen MR) is 143 cm³/mol. The van der Waals surface area contributed by atoms with E-state index in [4.69, 9.17) is 4.74 Å². The van der Waals surface area contributed by atoms with E-state index in [1.807, 2.05) is 4.90 Å². The summed E-state index contributed by atoms with van der Waals surface area (Å²) < 4.78 is 101. The first-order chi connectivity index (χ1) is 19.0. The molecule has 0 aromatic heterocycles. The second kappa shape index (κ2) is 12.6. The number of unbranched alkanes of at least 4 members (excludes halogenated alkanes) is 3. The minimum atomic E-state index is -4.78. The second-order valence-electron chi connectivity index (χ2n) is 9.86. The lowest BCUT2D eigenvalue weighted by Gasteiger charge is -2.29. The maximum atomic E-state index is 14.6. The summed E-state index contributed by atoms with van der Waals surface area (Å²) in [5.74, 6) is -1.74. The lowest BCUT2D eigenvalue weighted by molar-refractivity contribution is -0.140. The SMILES string of the molecule is CCCCCCOc1ccc(NS(=O)(=O)c2ccc3c(c2)CCN(Cc2ccc(F)c(C(F)(F)F)c2)C3)c(F)c1. The summed E-state index contributed by atoms with van der Waals surface area (Å²) in [6, 6.07) is 11.5. The van der Waals surface area contributed by atoms with Crippen molar-refractivity contribution in [1.29, 1.82) is 0 Å². The zero-order valence-corrected chi connectivity index (χ0v) is 22.8. The van der Waals surface area contributed by atoms with Crippen molar-refractivity contribution in [2.24, 2.45) is 0 Å². The molecule has 216 valence electrons. The molecule has 5 nitrogen and oxygen atoms in total. The van der Waals surface area contributed by atoms with E-state index in [-0.39, 0.29) is 17.1 Å². The van der Waals surface area contributed by atoms with Gasteiger partial charge in [0.2, 0.25) is 0 Å². The monoisotopic (exact) mass is 582 g/mol. The van der Waals surface area contributed by atoms with E-state index < -0.39 is 33.4 Å². The molecule has 1 heterocycles. The number of nitrogens with one attached hydrogen (secondary N) is 1. The molecule has 0 amide bonds. The molecule has 3 aromatic carbocycles. The molecule has 4 rings (SSSR count). The first-order valence-corrected chi connectivity index (χ1v) is 14.6. The largest absolute Gasteiger partial charge is 0.493 e. The maximum Gasteiger partial charge on any atom is 0.419 e. The first-order valence-electron chi connectivity index (χ1n) is 13.1. The number of sulfonamides is 1. The number of fused-ring (bicyclic) bond motifs is 1. The van der Waals surface area contributed by atoms with Gasteiger partial charge in [-0.2, -0.15) is 13.2 Å². The van der Waals surface area contributed by atoms with Crippen molar-refractivity contribution in [2.45, 2.75) is 63.2 Å². The Balaban J connectivity index is 1.40. The molecule has 0 aliphatic carbocycles. The molecular weight excluding hydrogens is 551 g/mol. The number of alkyl halides is 3. The number of anilines is 1. The van der Waals surface area contributed by atoms with Gasteiger partial charge in [-0.25, -0.2) is 17.2 Å². The van der Waals surface area contributed by atoms with Crippen LogP contribution >= 0.6 is 0 Å². The Bertz CT molecular complexity index is 1440. The van der Waals surface area contributed by atoms with Crippen LogP contribution in [0.5, 0.6) is 5.75 Å². The van der Waals surface area contributed by atoms with Crippen molar-refractivity contribution in [3.05, 3.63) is 88.5 Å². The standard InChI is InChI=1S/C29H31F5N2O3S/c1-2-3-4-5-14-39-23-8-11-28(27(31)17-23)35-40(37,38)24-9-7-22-19-36(13-12-21(22)16-24)18-20-6-10-26(30)25(15-20)29(32,33)34/h6-11,15-17,35H,2-5,12-14,18-19H2,1H3. The van der Waals surface area contributed by atoms with Gasteiger partial charge < -0.3 is 4.74 Å². The minimum absolute atomic E-state index is 0.0243. The lowest BCUT2D eigenvalue weighted by atomic mass is 9.99. The summed E-state index contributed by atoms with van der Waals surface area (Å²) in [5.41, 5.74) is 0.442. The molecule has 0 unspecified atom stereocenters. The van der Waals surface area contributed by atoms with Crippen LogP contribution in [0.15, 0.2) is 59.5 Å². The molecule has 0 bridgehead atoms. The number of hydrogen-bond donors (Lipinski definition) is 1. The first kappa shape index (κ1) is 29.8. The van der Waals surface area contributed by atoms with Crippen LogP contribution in [-0.4, -0.2) is 26.5 Å². The second-order valence-corrected chi connectivity index (χ2v) is 11.5. The lowest BCUT2D eigenvalue weighted by Crippen LogP contribution is -2.30. The van der Waals surface area contributed by atoms with E-state index in [9.17, 15) is 30.4 Å². The zero-order valence-electron chi connectivity index (χ0n) is 22.0. The van der Waals surface area contributed by atoms with Crippen molar-refractivity contribution in [3.63, 3.8) is 0 Å². The van der Waals surface area contributed by atoms with Crippen molar-refractivity contribution >= 4 is 15.7 Å². The van der Waals surface area contributed by atoms with Gasteiger partial charge in [0.15, 0.2) is 5.82 Å². The maximum absolute atomic E-state index is 14.6. The molecule has 0 saturated carbocycles. The Hall–Kier alpha value is -3.18. The van der Waals surface area contributed by atoms with Gasteiger partial charge in [-0.3, -0.25) is 9.62 Å². The van der Waals surface area contributed by atoms with Gasteiger partial charge in [0.25, 0.3) is 10.0 Å². The fourth-order valence-electron chi connectivity index (χ4n) is 4.63. The summed E-state index contributed by atoms with van der Waals surface area (Å²) in [6.07, 6.45) is -0.250. The third kappa shape index (κ3) is 7.51. The van der Waals surface area contributed by atoms with Gasteiger partial charge >= 0.3 is 6.18 Å². The van der Waals surface area contributed by atoms with Crippen molar-refractivity contribution in [1.82, 2.24) is 4.90 Å². The Morgan fingerprint density at radius 3 is 2.45 bits per heavy atom. The molecule has 1 aliphatic heterocycles. The number of benzene rings is 3. The van der Waals surface area contributed by atoms with Crippen LogP contribution in [0, 0.1) is 11.6 Å². The van der Waals surface area contributed by atoms with E-state index in [2.05, 4.69) is 11.6 Å². The molecule has 11 heteroatoms. The molecule has 0 radical (unpaired) electrons. The molecule has 0 saturated heterocycles. The topological polar surface area (TPSA) is 58.6 Å². The van der Waals surface area contributed by atoms with Crippen molar-refractivity contribution in [3.8, 4) is 5.75 Å². The van der Waals surface area contributed by atoms with Gasteiger partial charge in [-0.05, 0) is 65.9 Å². The average Bonchev–Trinajstić information content (AvgIpc) is 2.90. The van der Waals surface area contributed by atoms with E-state index >= 15 is 0 Å². The Kier molecular flexibility index (Phi) is 9.35. The summed E-state index contributed by atoms with van der Waals surface area (Å²) in [7, 11) is -4.08. The normalized spacial score (nSPS) is 14.2. The van der Waals surface area contributed by atoms with Crippen LogP contribution in [0.3, 0.4) is 0 Å². The molecule has 0 spiro atoms. The highest BCUT2D eigenvalue weighted by Crippen LogP contribution is 2.33. The zero-order chi connectivity index (χ0) is 28.9. The number of hydrogen-bond acceptors (Lipinski definition) is 4. The smallest absolute Gasteiger partial charge is 0.419 e. The Morgan fingerprint density at radius 1 is 0.925 bits per heavy atom. The number of ether oxygens (including phenoxy) is 1. The van der Waals surface area contributed by atoms with Crippen molar-refractivity contribution < 1.29 is 35.1 Å². The molecule has 1 aliphatic rings. The Labute approximate surface area is 231 Å². The van der Waals surface area contributed by atoms with Crippen LogP contribution in [-0.2, 0) is 35.7 Å². The number of nitrogens with zero attached hydrogens (tertiary/aromatic N) is 1. The molecule has 1 N–H and O–H groups in total. The van der Waals surface area contributed by atoms with Gasteiger partial charge in [0.05, 0.1) is 22.8 Å². The van der Waals surface area contributed by atoms with Gasteiger partial charge in [-0.15, -0.1) is 0 Å². The van der Waals surface area contributed by atoms with E-state index in [0.717, 1.165) is 55.0 Å². The molecule has 0 fully saturated rings. The predicted octanol–water partition coefficient (Wildman–Crippen LogP) is 7.30. The third-order valence-electron chi connectivity index (χ3n) is 6.77.